The summed E-state index contributed by atoms with van der Waals surface area (Å²) < 4.78 is 72.0. The maximum atomic E-state index is 11.5. The molecule has 2 rings (SSSR count). The van der Waals surface area contributed by atoms with Crippen LogP contribution < -0.4 is 0 Å². The number of ether oxygens (including phenoxy) is 3. The first-order valence-electron chi connectivity index (χ1n) is 8.19. The summed E-state index contributed by atoms with van der Waals surface area (Å²) in [7, 11) is -6.53. The van der Waals surface area contributed by atoms with E-state index in [0.717, 1.165) is 18.1 Å². The average molecular weight is 440 g/mol. The molecule has 10 nitrogen and oxygen atoms in total. The predicted molar refractivity (Wildman–Crippen MR) is 97.2 cm³/mol. The van der Waals surface area contributed by atoms with Crippen LogP contribution in [0, 0.1) is 0 Å². The molecule has 0 spiro atoms. The second kappa shape index (κ2) is 9.13. The zero-order valence-corrected chi connectivity index (χ0v) is 17.3. The summed E-state index contributed by atoms with van der Waals surface area (Å²) >= 11 is 0. The Balaban J connectivity index is 2.31. The van der Waals surface area contributed by atoms with E-state index in [4.69, 9.17) is 22.6 Å². The SMILES string of the molecule is CO[C@@H]1OC(COS(C)(=O)=O)(COS(C)(=O)=O)[C@H](OCc2ccccc2)[C@H]1O. The summed E-state index contributed by atoms with van der Waals surface area (Å²) in [6.07, 6.45) is -2.08. The van der Waals surface area contributed by atoms with Crippen LogP contribution in [0.2, 0.25) is 0 Å². The van der Waals surface area contributed by atoms with E-state index in [0.29, 0.717) is 0 Å². The van der Waals surface area contributed by atoms with Gasteiger partial charge < -0.3 is 19.3 Å². The molecule has 0 bridgehead atoms. The monoisotopic (exact) mass is 440 g/mol. The van der Waals surface area contributed by atoms with Gasteiger partial charge in [0.25, 0.3) is 20.2 Å². The van der Waals surface area contributed by atoms with Crippen LogP contribution in [0.4, 0.5) is 0 Å². The van der Waals surface area contributed by atoms with Crippen LogP contribution in [-0.4, -0.2) is 78.9 Å². The Morgan fingerprint density at radius 2 is 1.57 bits per heavy atom. The first-order chi connectivity index (χ1) is 13.0. The number of aliphatic hydroxyl groups excluding tert-OH is 1. The topological polar surface area (TPSA) is 135 Å². The minimum absolute atomic E-state index is 0.0435. The van der Waals surface area contributed by atoms with Crippen molar-refractivity contribution in [2.45, 2.75) is 30.7 Å². The van der Waals surface area contributed by atoms with Crippen molar-refractivity contribution in [2.24, 2.45) is 0 Å². The Kier molecular flexibility index (Phi) is 7.56. The van der Waals surface area contributed by atoms with Gasteiger partial charge in [-0.3, -0.25) is 8.37 Å². The van der Waals surface area contributed by atoms with Gasteiger partial charge in [-0.25, -0.2) is 0 Å². The quantitative estimate of drug-likeness (QED) is 0.480. The Morgan fingerprint density at radius 1 is 1.04 bits per heavy atom. The standard InChI is InChI=1S/C16H24O10S2/c1-22-15-13(17)14(23-9-12-7-5-4-6-8-12)16(26-15,10-24-27(2,18)19)11-25-28(3,20)21/h4-8,13-15,17H,9-11H2,1-3H3/t13-,14-,15-/m1/s1. The van der Waals surface area contributed by atoms with Gasteiger partial charge in [0.1, 0.15) is 31.0 Å². The number of hydrogen-bond acceptors (Lipinski definition) is 10. The van der Waals surface area contributed by atoms with E-state index in [1.807, 2.05) is 6.07 Å². The molecule has 0 amide bonds. The summed E-state index contributed by atoms with van der Waals surface area (Å²) in [6, 6.07) is 8.99. The molecule has 1 fully saturated rings. The molecule has 0 aromatic heterocycles. The molecule has 0 saturated carbocycles. The Bertz CT molecular complexity index is 801. The first-order valence-corrected chi connectivity index (χ1v) is 11.8. The molecule has 1 heterocycles. The van der Waals surface area contributed by atoms with Crippen LogP contribution in [0.3, 0.4) is 0 Å². The number of rotatable bonds is 10. The number of benzene rings is 1. The van der Waals surface area contributed by atoms with E-state index in [2.05, 4.69) is 0 Å². The van der Waals surface area contributed by atoms with Gasteiger partial charge in [-0.15, -0.1) is 0 Å². The highest BCUT2D eigenvalue weighted by atomic mass is 32.2. The van der Waals surface area contributed by atoms with Crippen molar-refractivity contribution >= 4 is 20.2 Å². The predicted octanol–water partition coefficient (Wildman–Crippen LogP) is -0.373. The third kappa shape index (κ3) is 6.46. The molecule has 0 aliphatic carbocycles. The van der Waals surface area contributed by atoms with Crippen molar-refractivity contribution in [3.05, 3.63) is 35.9 Å². The maximum absolute atomic E-state index is 11.5. The zero-order valence-electron chi connectivity index (χ0n) is 15.7. The van der Waals surface area contributed by atoms with Gasteiger partial charge in [0.15, 0.2) is 6.29 Å². The van der Waals surface area contributed by atoms with Crippen LogP contribution in [0.1, 0.15) is 5.56 Å². The van der Waals surface area contributed by atoms with Gasteiger partial charge in [-0.1, -0.05) is 30.3 Å². The number of aliphatic hydroxyl groups is 1. The highest BCUT2D eigenvalue weighted by Crippen LogP contribution is 2.36. The molecule has 1 aromatic rings. The lowest BCUT2D eigenvalue weighted by molar-refractivity contribution is -0.196. The molecule has 160 valence electrons. The van der Waals surface area contributed by atoms with Crippen LogP contribution >= 0.6 is 0 Å². The highest BCUT2D eigenvalue weighted by molar-refractivity contribution is 7.86. The highest BCUT2D eigenvalue weighted by Gasteiger charge is 2.57. The first kappa shape index (κ1) is 23.2. The van der Waals surface area contributed by atoms with E-state index in [9.17, 15) is 21.9 Å². The van der Waals surface area contributed by atoms with E-state index in [-0.39, 0.29) is 6.61 Å². The average Bonchev–Trinajstić information content (AvgIpc) is 2.88. The molecule has 0 unspecified atom stereocenters. The fourth-order valence-electron chi connectivity index (χ4n) is 2.71. The molecule has 28 heavy (non-hydrogen) atoms. The van der Waals surface area contributed by atoms with E-state index in [1.54, 1.807) is 24.3 Å². The molecule has 1 saturated heterocycles. The fourth-order valence-corrected chi connectivity index (χ4v) is 3.53. The normalized spacial score (nSPS) is 25.1. The second-order valence-electron chi connectivity index (χ2n) is 6.43. The van der Waals surface area contributed by atoms with Gasteiger partial charge in [0.2, 0.25) is 0 Å². The van der Waals surface area contributed by atoms with Crippen LogP contribution in [0.25, 0.3) is 0 Å². The Hall–Kier alpha value is -1.12. The largest absolute Gasteiger partial charge is 0.385 e. The minimum atomic E-state index is -3.90. The van der Waals surface area contributed by atoms with Crippen molar-refractivity contribution in [3.8, 4) is 0 Å². The van der Waals surface area contributed by atoms with Gasteiger partial charge in [-0.2, -0.15) is 16.8 Å². The fraction of sp³-hybridized carbons (Fsp3) is 0.625. The summed E-state index contributed by atoms with van der Waals surface area (Å²) in [5.74, 6) is 0. The third-order valence-electron chi connectivity index (χ3n) is 4.00. The minimum Gasteiger partial charge on any atom is -0.385 e. The van der Waals surface area contributed by atoms with Crippen LogP contribution in [0.15, 0.2) is 30.3 Å². The third-order valence-corrected chi connectivity index (χ3v) is 5.09. The van der Waals surface area contributed by atoms with Gasteiger partial charge in [0.05, 0.1) is 19.1 Å². The van der Waals surface area contributed by atoms with E-state index in [1.165, 1.54) is 7.11 Å². The van der Waals surface area contributed by atoms with Crippen molar-refractivity contribution < 1.29 is 44.5 Å². The van der Waals surface area contributed by atoms with Crippen molar-refractivity contribution in [1.82, 2.24) is 0 Å². The molecule has 0 radical (unpaired) electrons. The van der Waals surface area contributed by atoms with E-state index >= 15 is 0 Å². The van der Waals surface area contributed by atoms with Gasteiger partial charge in [0, 0.05) is 7.11 Å². The lowest BCUT2D eigenvalue weighted by Crippen LogP contribution is -2.52. The summed E-state index contributed by atoms with van der Waals surface area (Å²) in [4.78, 5) is 0. The van der Waals surface area contributed by atoms with Crippen LogP contribution in [0.5, 0.6) is 0 Å². The molecular weight excluding hydrogens is 416 g/mol. The van der Waals surface area contributed by atoms with Crippen LogP contribution in [-0.2, 0) is 49.4 Å². The smallest absolute Gasteiger partial charge is 0.264 e. The maximum Gasteiger partial charge on any atom is 0.264 e. The summed E-state index contributed by atoms with van der Waals surface area (Å²) in [6.45, 7) is -1.24. The summed E-state index contributed by atoms with van der Waals surface area (Å²) in [5, 5.41) is 10.5. The Labute approximate surface area is 164 Å². The number of methoxy groups -OCH3 is 1. The van der Waals surface area contributed by atoms with Gasteiger partial charge in [-0.05, 0) is 5.56 Å². The van der Waals surface area contributed by atoms with E-state index < -0.39 is 57.5 Å². The van der Waals surface area contributed by atoms with Crippen molar-refractivity contribution in [3.63, 3.8) is 0 Å². The lowest BCUT2D eigenvalue weighted by atomic mass is 9.97. The Morgan fingerprint density at radius 3 is 2.04 bits per heavy atom. The molecule has 1 aliphatic rings. The molecule has 1 aromatic carbocycles. The lowest BCUT2D eigenvalue weighted by Gasteiger charge is -2.33. The second-order valence-corrected chi connectivity index (χ2v) is 9.72. The molecule has 1 aliphatic heterocycles. The van der Waals surface area contributed by atoms with Crippen molar-refractivity contribution in [1.29, 1.82) is 0 Å². The molecule has 3 atom stereocenters. The zero-order chi connectivity index (χ0) is 21.0. The molecular formula is C16H24O10S2. The molecule has 1 N–H and O–H groups in total. The van der Waals surface area contributed by atoms with Gasteiger partial charge >= 0.3 is 0 Å². The molecule has 12 heteroatoms. The van der Waals surface area contributed by atoms with Crippen molar-refractivity contribution in [2.75, 3.05) is 32.8 Å². The number of hydrogen-bond donors (Lipinski definition) is 1. The summed E-state index contributed by atoms with van der Waals surface area (Å²) in [5.41, 5.74) is -0.973.